The van der Waals surface area contributed by atoms with Gasteiger partial charge in [0.05, 0.1) is 0 Å². The summed E-state index contributed by atoms with van der Waals surface area (Å²) in [5, 5.41) is 0. The maximum Gasteiger partial charge on any atom is 0.406 e. The number of nitrogens with two attached hydrogens (primary N) is 1. The molecule has 0 radical (unpaired) electrons. The first-order chi connectivity index (χ1) is 8.30. The number of halogens is 3. The molecule has 0 bridgehead atoms. The molecule has 0 aromatic carbocycles. The van der Waals surface area contributed by atoms with Crippen LogP contribution in [0.2, 0.25) is 0 Å². The summed E-state index contributed by atoms with van der Waals surface area (Å²) in [6, 6.07) is -0.427. The molecule has 106 valence electrons. The van der Waals surface area contributed by atoms with Gasteiger partial charge in [0.2, 0.25) is 0 Å². The van der Waals surface area contributed by atoms with Crippen LogP contribution in [-0.4, -0.2) is 49.3 Å². The Bertz CT molecular complexity index is 289. The van der Waals surface area contributed by atoms with Crippen LogP contribution < -0.4 is 5.73 Å². The number of ether oxygens (including phenoxy) is 1. The van der Waals surface area contributed by atoms with Crippen LogP contribution in [0.4, 0.5) is 13.2 Å². The fourth-order valence-corrected chi connectivity index (χ4v) is 1.93. The maximum absolute atomic E-state index is 12.5. The molecule has 0 aromatic rings. The summed E-state index contributed by atoms with van der Waals surface area (Å²) in [6.45, 7) is 0.273. The second kappa shape index (κ2) is 5.88. The van der Waals surface area contributed by atoms with Crippen molar-refractivity contribution in [3.05, 3.63) is 0 Å². The van der Waals surface area contributed by atoms with Crippen molar-refractivity contribution in [3.8, 4) is 0 Å². The summed E-state index contributed by atoms with van der Waals surface area (Å²) in [4.78, 5) is 12.8. The molecule has 0 spiro atoms. The van der Waals surface area contributed by atoms with Gasteiger partial charge in [-0.25, -0.2) is 0 Å². The lowest BCUT2D eigenvalue weighted by Crippen LogP contribution is -2.51. The molecule has 4 nitrogen and oxygen atoms in total. The number of methoxy groups -OCH3 is 1. The Morgan fingerprint density at radius 2 is 2.06 bits per heavy atom. The summed E-state index contributed by atoms with van der Waals surface area (Å²) >= 11 is 0. The van der Waals surface area contributed by atoms with E-state index in [1.807, 2.05) is 0 Å². The largest absolute Gasteiger partial charge is 0.406 e. The van der Waals surface area contributed by atoms with E-state index >= 15 is 0 Å². The van der Waals surface area contributed by atoms with Gasteiger partial charge in [0.15, 0.2) is 0 Å². The number of nitrogens with zero attached hydrogens (tertiary/aromatic N) is 1. The number of amides is 1. The van der Waals surface area contributed by atoms with E-state index in [0.29, 0.717) is 0 Å². The molecular formula is C11H19F3N2O2. The minimum atomic E-state index is -4.41. The van der Waals surface area contributed by atoms with Gasteiger partial charge in [0, 0.05) is 19.7 Å². The average Bonchev–Trinajstić information content (AvgIpc) is 3.09. The van der Waals surface area contributed by atoms with Gasteiger partial charge in [0.1, 0.15) is 12.6 Å². The number of carbonyl (C=O) groups is 1. The van der Waals surface area contributed by atoms with Crippen molar-refractivity contribution in [2.45, 2.75) is 38.1 Å². The zero-order chi connectivity index (χ0) is 13.9. The van der Waals surface area contributed by atoms with Crippen molar-refractivity contribution in [1.29, 1.82) is 0 Å². The third kappa shape index (κ3) is 4.13. The van der Waals surface area contributed by atoms with Crippen LogP contribution in [0.1, 0.15) is 19.8 Å². The van der Waals surface area contributed by atoms with Crippen LogP contribution in [0.5, 0.6) is 0 Å². The molecule has 1 amide bonds. The van der Waals surface area contributed by atoms with E-state index in [1.165, 1.54) is 7.11 Å². The zero-order valence-corrected chi connectivity index (χ0v) is 10.5. The molecule has 2 atom stereocenters. The van der Waals surface area contributed by atoms with Crippen molar-refractivity contribution >= 4 is 5.91 Å². The predicted octanol–water partition coefficient (Wildman–Crippen LogP) is 1.15. The molecule has 2 unspecified atom stereocenters. The van der Waals surface area contributed by atoms with Crippen LogP contribution in [0, 0.1) is 5.92 Å². The summed E-state index contributed by atoms with van der Waals surface area (Å²) in [5.41, 5.74) is 5.32. The van der Waals surface area contributed by atoms with E-state index in [9.17, 15) is 18.0 Å². The molecule has 7 heteroatoms. The van der Waals surface area contributed by atoms with Gasteiger partial charge in [-0.1, -0.05) is 0 Å². The smallest absolute Gasteiger partial charge is 0.370 e. The minimum absolute atomic E-state index is 0.124. The Morgan fingerprint density at radius 1 is 1.50 bits per heavy atom. The highest BCUT2D eigenvalue weighted by Crippen LogP contribution is 2.36. The third-order valence-electron chi connectivity index (χ3n) is 3.20. The fourth-order valence-electron chi connectivity index (χ4n) is 1.93. The molecule has 0 saturated heterocycles. The van der Waals surface area contributed by atoms with E-state index in [1.54, 1.807) is 6.92 Å². The van der Waals surface area contributed by atoms with Crippen molar-refractivity contribution < 1.29 is 22.7 Å². The number of hydrogen-bond donors (Lipinski definition) is 1. The molecular weight excluding hydrogens is 249 g/mol. The van der Waals surface area contributed by atoms with Crippen molar-refractivity contribution in [1.82, 2.24) is 4.90 Å². The molecule has 1 aliphatic rings. The van der Waals surface area contributed by atoms with Gasteiger partial charge < -0.3 is 15.4 Å². The monoisotopic (exact) mass is 268 g/mol. The molecule has 0 aliphatic heterocycles. The zero-order valence-electron chi connectivity index (χ0n) is 10.5. The van der Waals surface area contributed by atoms with Crippen molar-refractivity contribution in [3.63, 3.8) is 0 Å². The second-order valence-electron chi connectivity index (χ2n) is 4.62. The van der Waals surface area contributed by atoms with Crippen LogP contribution in [0.15, 0.2) is 0 Å². The lowest BCUT2D eigenvalue weighted by Gasteiger charge is -2.32. The molecule has 18 heavy (non-hydrogen) atoms. The molecule has 1 rings (SSSR count). The Labute approximate surface area is 104 Å². The topological polar surface area (TPSA) is 55.6 Å². The Morgan fingerprint density at radius 3 is 2.39 bits per heavy atom. The predicted molar refractivity (Wildman–Crippen MR) is 59.8 cm³/mol. The number of rotatable bonds is 6. The Balaban J connectivity index is 2.78. The normalized spacial score (nSPS) is 19.4. The molecule has 0 aromatic heterocycles. The number of carbonyl (C=O) groups excluding carboxylic acids is 1. The van der Waals surface area contributed by atoms with E-state index in [2.05, 4.69) is 0 Å². The van der Waals surface area contributed by atoms with Gasteiger partial charge in [0.25, 0.3) is 5.91 Å². The average molecular weight is 268 g/mol. The number of hydrogen-bond acceptors (Lipinski definition) is 3. The molecule has 2 N–H and O–H groups in total. The molecule has 0 heterocycles. The lowest BCUT2D eigenvalue weighted by atomic mass is 10.1. The Kier molecular flexibility index (Phi) is 4.98. The van der Waals surface area contributed by atoms with Crippen molar-refractivity contribution in [2.75, 3.05) is 20.2 Å². The van der Waals surface area contributed by atoms with E-state index < -0.39 is 30.8 Å². The standard InChI is InChI=1S/C11H19F3N2O2/c1-7(8-3-4-8)16(6-11(12,13)14)10(17)9(5-15)18-2/h7-9H,3-6,15H2,1-2H3. The van der Waals surface area contributed by atoms with Crippen molar-refractivity contribution in [2.24, 2.45) is 11.7 Å². The van der Waals surface area contributed by atoms with Gasteiger partial charge in [-0.2, -0.15) is 13.2 Å². The summed E-state index contributed by atoms with van der Waals surface area (Å²) in [7, 11) is 1.27. The fraction of sp³-hybridized carbons (Fsp3) is 0.909. The molecule has 1 saturated carbocycles. The molecule has 1 aliphatic carbocycles. The maximum atomic E-state index is 12.5. The quantitative estimate of drug-likeness (QED) is 0.786. The van der Waals surface area contributed by atoms with Gasteiger partial charge in [-0.3, -0.25) is 4.79 Å². The summed E-state index contributed by atoms with van der Waals surface area (Å²) < 4.78 is 42.4. The third-order valence-corrected chi connectivity index (χ3v) is 3.20. The molecule has 1 fully saturated rings. The van der Waals surface area contributed by atoms with Gasteiger partial charge in [-0.05, 0) is 25.7 Å². The highest BCUT2D eigenvalue weighted by molar-refractivity contribution is 5.81. The van der Waals surface area contributed by atoms with Crippen LogP contribution in [0.3, 0.4) is 0 Å². The SMILES string of the molecule is COC(CN)C(=O)N(CC(F)(F)F)C(C)C1CC1. The van der Waals surface area contributed by atoms with Gasteiger partial charge >= 0.3 is 6.18 Å². The van der Waals surface area contributed by atoms with Crippen LogP contribution in [-0.2, 0) is 9.53 Å². The highest BCUT2D eigenvalue weighted by Gasteiger charge is 2.41. The van der Waals surface area contributed by atoms with E-state index in [4.69, 9.17) is 10.5 Å². The first-order valence-corrected chi connectivity index (χ1v) is 5.90. The first kappa shape index (κ1) is 15.2. The summed E-state index contributed by atoms with van der Waals surface area (Å²) in [5.74, 6) is -0.525. The van der Waals surface area contributed by atoms with E-state index in [-0.39, 0.29) is 12.5 Å². The Hall–Kier alpha value is -0.820. The van der Waals surface area contributed by atoms with E-state index in [0.717, 1.165) is 17.7 Å². The second-order valence-corrected chi connectivity index (χ2v) is 4.62. The van der Waals surface area contributed by atoms with Crippen LogP contribution >= 0.6 is 0 Å². The number of alkyl halides is 3. The minimum Gasteiger partial charge on any atom is -0.370 e. The van der Waals surface area contributed by atoms with Crippen LogP contribution in [0.25, 0.3) is 0 Å². The lowest BCUT2D eigenvalue weighted by molar-refractivity contribution is -0.171. The highest BCUT2D eigenvalue weighted by atomic mass is 19.4. The first-order valence-electron chi connectivity index (χ1n) is 5.90. The summed E-state index contributed by atoms with van der Waals surface area (Å²) in [6.07, 6.45) is -3.69. The van der Waals surface area contributed by atoms with Gasteiger partial charge in [-0.15, -0.1) is 0 Å².